The Morgan fingerprint density at radius 3 is 1.18 bits per heavy atom. The van der Waals surface area contributed by atoms with E-state index in [2.05, 4.69) is 246 Å². The number of rotatable bonds is 32. The molecule has 10 atom stereocenters. The van der Waals surface area contributed by atoms with Gasteiger partial charge in [-0.1, -0.05) is 235 Å². The molecule has 0 unspecified atom stereocenters. The molecule has 2 saturated carbocycles. The lowest BCUT2D eigenvalue weighted by Gasteiger charge is -2.50. The first-order valence-electron chi connectivity index (χ1n) is 43.5. The predicted octanol–water partition coefficient (Wildman–Crippen LogP) is 17.8. The maximum atomic E-state index is 13.4. The van der Waals surface area contributed by atoms with Crippen molar-refractivity contribution in [2.45, 2.75) is 176 Å². The van der Waals surface area contributed by atoms with Crippen molar-refractivity contribution in [3.63, 3.8) is 0 Å². The summed E-state index contributed by atoms with van der Waals surface area (Å²) in [6.07, 6.45) is 21.0. The average Bonchev–Trinajstić information content (AvgIpc) is 0.898. The Morgan fingerprint density at radius 1 is 0.517 bits per heavy atom. The Hall–Kier alpha value is -8.37. The van der Waals surface area contributed by atoms with Crippen molar-refractivity contribution in [1.82, 2.24) is 10.6 Å². The minimum atomic E-state index is -2.86. The highest BCUT2D eigenvalue weighted by atomic mass is 35.5. The number of benzene rings is 8. The highest BCUT2D eigenvalue weighted by Crippen LogP contribution is 2.52. The Labute approximate surface area is 726 Å². The maximum absolute atomic E-state index is 13.4. The molecule has 0 radical (unpaired) electrons. The van der Waals surface area contributed by atoms with Crippen molar-refractivity contribution in [3.05, 3.63) is 288 Å². The van der Waals surface area contributed by atoms with Crippen LogP contribution in [-0.2, 0) is 62.8 Å². The molecule has 4 aliphatic carbocycles. The number of ether oxygens (including phenoxy) is 4. The number of hydrogen-bond acceptors (Lipinski definition) is 14. The highest BCUT2D eigenvalue weighted by Gasteiger charge is 2.57. The van der Waals surface area contributed by atoms with Gasteiger partial charge in [0, 0.05) is 60.1 Å². The molecule has 2 spiro atoms. The van der Waals surface area contributed by atoms with Gasteiger partial charge in [0.05, 0.1) is 51.0 Å². The number of esters is 2. The van der Waals surface area contributed by atoms with Gasteiger partial charge in [-0.05, 0) is 239 Å². The second kappa shape index (κ2) is 38.6. The van der Waals surface area contributed by atoms with Crippen LogP contribution < -0.4 is 50.7 Å². The molecule has 14 rings (SSSR count). The average molecular weight is 1700 g/mol. The lowest BCUT2D eigenvalue weighted by atomic mass is 9.68. The molecule has 8 aromatic rings. The Kier molecular flexibility index (Phi) is 28.7. The summed E-state index contributed by atoms with van der Waals surface area (Å²) in [5.41, 5.74) is 3.42. The van der Waals surface area contributed by atoms with Crippen LogP contribution in [0.15, 0.2) is 245 Å². The van der Waals surface area contributed by atoms with Crippen LogP contribution in [0.4, 0.5) is 11.4 Å². The molecule has 18 heteroatoms. The number of unbranched alkanes of at least 4 members (excludes halogenated alkanes) is 2. The Bertz CT molecular complexity index is 4470. The van der Waals surface area contributed by atoms with Crippen molar-refractivity contribution >= 4 is 83.9 Å². The predicted molar refractivity (Wildman–Crippen MR) is 495 cm³/mol. The van der Waals surface area contributed by atoms with Crippen molar-refractivity contribution in [3.8, 4) is 11.5 Å². The number of aliphatic hydroxyl groups is 2. The minimum Gasteiger partial charge on any atom is -0.490 e. The van der Waals surface area contributed by atoms with Crippen LogP contribution in [-0.4, -0.2) is 131 Å². The third-order valence-corrected chi connectivity index (χ3v) is 37.5. The second-order valence-electron chi connectivity index (χ2n) is 36.5. The van der Waals surface area contributed by atoms with Gasteiger partial charge in [0.2, 0.25) is 0 Å². The molecule has 0 saturated heterocycles. The highest BCUT2D eigenvalue weighted by molar-refractivity contribution is 7.00. The lowest BCUT2D eigenvalue weighted by Crippen LogP contribution is -2.68. The third-order valence-electron chi connectivity index (χ3n) is 27.0. The van der Waals surface area contributed by atoms with E-state index in [9.17, 15) is 19.8 Å². The molecule has 6 aliphatic rings. The van der Waals surface area contributed by atoms with Gasteiger partial charge in [0.25, 0.3) is 16.6 Å². The largest absolute Gasteiger partial charge is 0.490 e. The molecule has 636 valence electrons. The summed E-state index contributed by atoms with van der Waals surface area (Å²) in [5.74, 6) is 1.12. The summed E-state index contributed by atoms with van der Waals surface area (Å²) in [4.78, 5) is 31.9. The fourth-order valence-corrected chi connectivity index (χ4v) is 30.2. The fourth-order valence-electron chi connectivity index (χ4n) is 20.4. The van der Waals surface area contributed by atoms with E-state index in [1.807, 2.05) is 60.7 Å². The third kappa shape index (κ3) is 18.3. The van der Waals surface area contributed by atoms with E-state index >= 15 is 0 Å². The van der Waals surface area contributed by atoms with Gasteiger partial charge in [-0.15, -0.1) is 26.3 Å². The molecule has 14 nitrogen and oxygen atoms in total. The number of nitrogens with one attached hydrogen (secondary N) is 2. The fraction of sp³-hybridized carbons (Fsp3) is 0.431. The number of nitrogens with zero attached hydrogens (tertiary/aromatic N) is 2. The number of allylic oxidation sites excluding steroid dienone is 2. The SMILES string of the molecule is C=CCCCNC[C@@](O)(C(=O)OC)c1ccc2c(c1)N(C[C@@H]1CC[C@H]1[C@H](C=C)O[Si](c1ccccc1)(c1ccccc1)C(C)(C)C)C[C@@]1(CCCc3cc(Cl)ccc31)CO2.C=CCCCNC[C@](O)(C(=O)OC)c1ccc2c(c1)N(C[C@@H]1CC[C@H]1[C@H](C=C)O[Si](c1ccccc1)(c1ccccc1)C(C)(C)C)C[C@@]1(CCCc3cc(Cl)ccc31)CO2. The van der Waals surface area contributed by atoms with Crippen molar-refractivity contribution in [2.24, 2.45) is 23.7 Å². The van der Waals surface area contributed by atoms with Gasteiger partial charge in [-0.2, -0.15) is 0 Å². The summed E-state index contributed by atoms with van der Waals surface area (Å²) in [5, 5.41) is 37.1. The number of halogens is 2. The summed E-state index contributed by atoms with van der Waals surface area (Å²) in [6.45, 7) is 35.7. The number of carbonyl (C=O) groups is 2. The van der Waals surface area contributed by atoms with Crippen LogP contribution in [0.1, 0.15) is 152 Å². The number of anilines is 2. The van der Waals surface area contributed by atoms with Crippen LogP contribution >= 0.6 is 23.2 Å². The topological polar surface area (TPSA) is 161 Å². The number of aryl methyl sites for hydroxylation is 2. The summed E-state index contributed by atoms with van der Waals surface area (Å²) < 4.78 is 39.6. The lowest BCUT2D eigenvalue weighted by molar-refractivity contribution is -0.163. The zero-order valence-electron chi connectivity index (χ0n) is 71.9. The van der Waals surface area contributed by atoms with Crippen LogP contribution in [0.25, 0.3) is 0 Å². The molecule has 2 fully saturated rings. The second-order valence-corrected chi connectivity index (χ2v) is 45.8. The monoisotopic (exact) mass is 1690 g/mol. The van der Waals surface area contributed by atoms with E-state index in [0.717, 1.165) is 136 Å². The first-order chi connectivity index (χ1) is 57.8. The zero-order chi connectivity index (χ0) is 85.1. The molecule has 0 amide bonds. The van der Waals surface area contributed by atoms with Crippen molar-refractivity contribution < 1.29 is 47.6 Å². The first-order valence-corrected chi connectivity index (χ1v) is 48.1. The molecule has 4 N–H and O–H groups in total. The van der Waals surface area contributed by atoms with Gasteiger partial charge in [-0.25, -0.2) is 9.59 Å². The molecule has 0 bridgehead atoms. The molecular weight excluding hydrogens is 1570 g/mol. The van der Waals surface area contributed by atoms with Gasteiger partial charge >= 0.3 is 11.9 Å². The zero-order valence-corrected chi connectivity index (χ0v) is 75.4. The van der Waals surface area contributed by atoms with E-state index < -0.39 is 39.8 Å². The summed E-state index contributed by atoms with van der Waals surface area (Å²) in [6, 6.07) is 67.4. The standard InChI is InChI=1S/2C51H63ClN2O5Si/c2*1-7-9-16-30-53-34-51(56,48(55)57-6)39-24-28-47-45(32-39)54(35-50(36-58-47)29-17-18-37-31-40(52)25-27-44(37)50)33-38-23-26-43(38)46(8-2)59-60(49(3,4)5,41-19-12-10-13-20-41)42-21-14-11-15-22-42/h2*7-8,10-15,19-22,24-25,27-28,31-32,38,43,46,53,56H,1-2,9,16-18,23,26,29-30,33-36H2,3-6H3/t38-,43+,46-,50-,51+;38-,43+,46-,50-,51-/m00/s1. The van der Waals surface area contributed by atoms with Gasteiger partial charge in [-0.3, -0.25) is 0 Å². The molecule has 2 heterocycles. The van der Waals surface area contributed by atoms with E-state index in [0.29, 0.717) is 50.5 Å². The quantitative estimate of drug-likeness (QED) is 0.0136. The van der Waals surface area contributed by atoms with E-state index in [1.54, 1.807) is 0 Å². The molecule has 8 aromatic carbocycles. The van der Waals surface area contributed by atoms with Crippen molar-refractivity contribution in [2.75, 3.05) is 89.6 Å². The maximum Gasteiger partial charge on any atom is 0.343 e. The van der Waals surface area contributed by atoms with Crippen LogP contribution in [0, 0.1) is 23.7 Å². The molecule has 0 aromatic heterocycles. The van der Waals surface area contributed by atoms with Crippen LogP contribution in [0.3, 0.4) is 0 Å². The normalized spacial score (nSPS) is 21.6. The molecule has 120 heavy (non-hydrogen) atoms. The molecule has 2 aliphatic heterocycles. The first kappa shape index (κ1) is 89.4. The number of fused-ring (bicyclic) bond motifs is 6. The van der Waals surface area contributed by atoms with Gasteiger partial charge < -0.3 is 58.4 Å². The Morgan fingerprint density at radius 2 is 0.875 bits per heavy atom. The van der Waals surface area contributed by atoms with Crippen LogP contribution in [0.5, 0.6) is 11.5 Å². The minimum absolute atomic E-state index is 0.0137. The smallest absolute Gasteiger partial charge is 0.343 e. The summed E-state index contributed by atoms with van der Waals surface area (Å²) >= 11 is 13.1. The van der Waals surface area contributed by atoms with Gasteiger partial charge in [0.15, 0.2) is 11.2 Å². The number of methoxy groups -OCH3 is 2. The number of hydrogen-bond donors (Lipinski definition) is 4. The summed E-state index contributed by atoms with van der Waals surface area (Å²) in [7, 11) is -3.08. The van der Waals surface area contributed by atoms with Crippen LogP contribution in [0.2, 0.25) is 20.1 Å². The van der Waals surface area contributed by atoms with E-state index in [-0.39, 0.29) is 69.9 Å². The van der Waals surface area contributed by atoms with Crippen molar-refractivity contribution in [1.29, 1.82) is 0 Å². The van der Waals surface area contributed by atoms with E-state index in [4.69, 9.17) is 51.0 Å². The number of carbonyl (C=O) groups excluding carboxylic acids is 2. The van der Waals surface area contributed by atoms with Gasteiger partial charge in [0.1, 0.15) is 11.5 Å². The Balaban J connectivity index is 0.000000207. The van der Waals surface area contributed by atoms with E-state index in [1.165, 1.54) is 57.2 Å². The molecular formula is C102H126Cl2N4O10Si2.